The van der Waals surface area contributed by atoms with E-state index in [4.69, 9.17) is 5.73 Å². The third-order valence-corrected chi connectivity index (χ3v) is 3.60. The monoisotopic (exact) mass is 243 g/mol. The van der Waals surface area contributed by atoms with Gasteiger partial charge in [0.15, 0.2) is 0 Å². The highest BCUT2D eigenvalue weighted by Crippen LogP contribution is 2.23. The zero-order valence-corrected chi connectivity index (χ0v) is 10.2. The molecule has 2 aromatic rings. The van der Waals surface area contributed by atoms with E-state index in [0.717, 1.165) is 24.0 Å². The number of nitrogens with one attached hydrogen (secondary N) is 1. The summed E-state index contributed by atoms with van der Waals surface area (Å²) < 4.78 is 0. The summed E-state index contributed by atoms with van der Waals surface area (Å²) in [4.78, 5) is 4.44. The lowest BCUT2D eigenvalue weighted by atomic mass is 10.1. The molecule has 1 aliphatic carbocycles. The number of hydrogen-bond donors (Lipinski definition) is 2. The number of anilines is 1. The van der Waals surface area contributed by atoms with E-state index in [1.165, 1.54) is 12.8 Å². The normalized spacial score (nSPS) is 23.4. The number of para-hydroxylation sites is 1. The summed E-state index contributed by atoms with van der Waals surface area (Å²) in [7, 11) is 0. The molecule has 0 spiro atoms. The van der Waals surface area contributed by atoms with E-state index in [-0.39, 0.29) is 0 Å². The lowest BCUT2D eigenvalue weighted by Crippen LogP contribution is -2.30. The predicted octanol–water partition coefficient (Wildman–Crippen LogP) is 1.56. The van der Waals surface area contributed by atoms with Crippen LogP contribution in [0, 0.1) is 5.92 Å². The first kappa shape index (κ1) is 11.3. The first-order valence-corrected chi connectivity index (χ1v) is 6.42. The fraction of sp³-hybridized carbons (Fsp3) is 0.462. The summed E-state index contributed by atoms with van der Waals surface area (Å²) in [5.74, 6) is 1.12. The maximum absolute atomic E-state index is 6.04. The van der Waals surface area contributed by atoms with Crippen LogP contribution in [0.3, 0.4) is 0 Å². The molecule has 3 N–H and O–H groups in total. The lowest BCUT2D eigenvalue weighted by molar-refractivity contribution is 0.503. The van der Waals surface area contributed by atoms with Gasteiger partial charge in [-0.1, -0.05) is 18.6 Å². The summed E-state index contributed by atoms with van der Waals surface area (Å²) >= 11 is 0. The molecule has 3 rings (SSSR count). The van der Waals surface area contributed by atoms with Gasteiger partial charge in [-0.2, -0.15) is 0 Å². The third kappa shape index (κ3) is 2.26. The number of fused-ring (bicyclic) bond motifs is 1. The topological polar surface area (TPSA) is 76.7 Å². The van der Waals surface area contributed by atoms with Crippen LogP contribution in [-0.4, -0.2) is 27.8 Å². The van der Waals surface area contributed by atoms with Gasteiger partial charge >= 0.3 is 0 Å². The first-order valence-electron chi connectivity index (χ1n) is 6.42. The van der Waals surface area contributed by atoms with Gasteiger partial charge in [0, 0.05) is 12.6 Å². The molecule has 2 unspecified atom stereocenters. The summed E-state index contributed by atoms with van der Waals surface area (Å²) in [5.41, 5.74) is 7.72. The molecule has 5 heteroatoms. The van der Waals surface area contributed by atoms with Crippen molar-refractivity contribution in [1.29, 1.82) is 0 Å². The molecule has 5 nitrogen and oxygen atoms in total. The smallest absolute Gasteiger partial charge is 0.243 e. The lowest BCUT2D eigenvalue weighted by Gasteiger charge is -2.15. The number of benzene rings is 1. The average molecular weight is 243 g/mol. The van der Waals surface area contributed by atoms with Gasteiger partial charge in [0.1, 0.15) is 5.52 Å². The molecule has 0 amide bonds. The van der Waals surface area contributed by atoms with Crippen LogP contribution in [0.15, 0.2) is 24.3 Å². The second-order valence-electron chi connectivity index (χ2n) is 4.86. The maximum atomic E-state index is 6.04. The summed E-state index contributed by atoms with van der Waals surface area (Å²) in [6.07, 6.45) is 3.54. The van der Waals surface area contributed by atoms with Gasteiger partial charge < -0.3 is 11.1 Å². The van der Waals surface area contributed by atoms with Crippen molar-refractivity contribution in [3.63, 3.8) is 0 Å². The second-order valence-corrected chi connectivity index (χ2v) is 4.86. The molecule has 1 aromatic carbocycles. The minimum absolute atomic E-state index is 0.311. The molecule has 1 heterocycles. The van der Waals surface area contributed by atoms with Crippen LogP contribution in [0.2, 0.25) is 0 Å². The van der Waals surface area contributed by atoms with E-state index in [1.54, 1.807) is 0 Å². The fourth-order valence-corrected chi connectivity index (χ4v) is 2.50. The van der Waals surface area contributed by atoms with Gasteiger partial charge in [-0.3, -0.25) is 0 Å². The first-order chi connectivity index (χ1) is 8.83. The molecule has 2 atom stereocenters. The van der Waals surface area contributed by atoms with Gasteiger partial charge in [0.05, 0.1) is 5.52 Å². The number of hydrogen-bond acceptors (Lipinski definition) is 5. The van der Waals surface area contributed by atoms with Crippen molar-refractivity contribution in [2.24, 2.45) is 11.7 Å². The van der Waals surface area contributed by atoms with Crippen molar-refractivity contribution in [2.75, 3.05) is 11.9 Å². The van der Waals surface area contributed by atoms with E-state index >= 15 is 0 Å². The Hall–Kier alpha value is -1.75. The molecule has 1 aromatic heterocycles. The molecule has 18 heavy (non-hydrogen) atoms. The molecular weight excluding hydrogens is 226 g/mol. The van der Waals surface area contributed by atoms with Gasteiger partial charge in [-0.25, -0.2) is 4.98 Å². The largest absolute Gasteiger partial charge is 0.353 e. The Bertz CT molecular complexity index is 542. The Balaban J connectivity index is 1.71. The van der Waals surface area contributed by atoms with Crippen LogP contribution < -0.4 is 11.1 Å². The van der Waals surface area contributed by atoms with Crippen LogP contribution in [-0.2, 0) is 0 Å². The van der Waals surface area contributed by atoms with Crippen molar-refractivity contribution in [3.8, 4) is 0 Å². The predicted molar refractivity (Wildman–Crippen MR) is 71.1 cm³/mol. The minimum atomic E-state index is 0.311. The van der Waals surface area contributed by atoms with Crippen LogP contribution in [0.4, 0.5) is 5.95 Å². The van der Waals surface area contributed by atoms with E-state index in [1.807, 2.05) is 24.3 Å². The van der Waals surface area contributed by atoms with Gasteiger partial charge in [-0.05, 0) is 30.9 Å². The van der Waals surface area contributed by atoms with Crippen LogP contribution in [0.5, 0.6) is 0 Å². The zero-order valence-electron chi connectivity index (χ0n) is 10.2. The summed E-state index contributed by atoms with van der Waals surface area (Å²) in [5, 5.41) is 11.5. The molecule has 1 fully saturated rings. The van der Waals surface area contributed by atoms with Crippen molar-refractivity contribution in [3.05, 3.63) is 24.3 Å². The van der Waals surface area contributed by atoms with Crippen molar-refractivity contribution in [2.45, 2.75) is 25.3 Å². The second kappa shape index (κ2) is 4.86. The Labute approximate surface area is 106 Å². The Morgan fingerprint density at radius 2 is 2.00 bits per heavy atom. The summed E-state index contributed by atoms with van der Waals surface area (Å²) in [6.45, 7) is 0.835. The molecule has 0 aliphatic heterocycles. The van der Waals surface area contributed by atoms with Crippen molar-refractivity contribution in [1.82, 2.24) is 15.2 Å². The van der Waals surface area contributed by atoms with Gasteiger partial charge in [0.2, 0.25) is 5.95 Å². The number of aromatic nitrogens is 3. The van der Waals surface area contributed by atoms with Gasteiger partial charge in [0.25, 0.3) is 0 Å². The molecule has 0 radical (unpaired) electrons. The minimum Gasteiger partial charge on any atom is -0.353 e. The van der Waals surface area contributed by atoms with Crippen LogP contribution in [0.25, 0.3) is 11.0 Å². The average Bonchev–Trinajstić information content (AvgIpc) is 2.82. The Morgan fingerprint density at radius 1 is 1.17 bits per heavy atom. The Morgan fingerprint density at radius 3 is 2.78 bits per heavy atom. The van der Waals surface area contributed by atoms with Crippen molar-refractivity contribution >= 4 is 17.0 Å². The highest BCUT2D eigenvalue weighted by atomic mass is 15.2. The third-order valence-electron chi connectivity index (χ3n) is 3.60. The maximum Gasteiger partial charge on any atom is 0.243 e. The Kier molecular flexibility index (Phi) is 3.06. The number of nitrogens with two attached hydrogens (primary N) is 1. The molecule has 0 saturated heterocycles. The quantitative estimate of drug-likeness (QED) is 0.855. The highest BCUT2D eigenvalue weighted by molar-refractivity contribution is 5.73. The molecule has 1 aliphatic rings. The van der Waals surface area contributed by atoms with E-state index in [9.17, 15) is 0 Å². The highest BCUT2D eigenvalue weighted by Gasteiger charge is 2.23. The fourth-order valence-electron chi connectivity index (χ4n) is 2.50. The van der Waals surface area contributed by atoms with Crippen molar-refractivity contribution < 1.29 is 0 Å². The van der Waals surface area contributed by atoms with E-state index in [2.05, 4.69) is 20.5 Å². The molecule has 94 valence electrons. The van der Waals surface area contributed by atoms with Crippen LogP contribution in [0.1, 0.15) is 19.3 Å². The number of rotatable bonds is 3. The van der Waals surface area contributed by atoms with Gasteiger partial charge in [-0.15, -0.1) is 10.2 Å². The van der Waals surface area contributed by atoms with E-state index in [0.29, 0.717) is 17.9 Å². The SMILES string of the molecule is NC1CCCC1CNc1nnc2ccccc2n1. The molecule has 1 saturated carbocycles. The summed E-state index contributed by atoms with van der Waals surface area (Å²) in [6, 6.07) is 8.05. The van der Waals surface area contributed by atoms with Crippen LogP contribution >= 0.6 is 0 Å². The number of nitrogens with zero attached hydrogens (tertiary/aromatic N) is 3. The standard InChI is InChI=1S/C13H17N5/c14-10-5-3-4-9(10)8-15-13-16-11-6-1-2-7-12(11)17-18-13/h1-2,6-7,9-10H,3-5,8,14H2,(H,15,16,18). The van der Waals surface area contributed by atoms with E-state index < -0.39 is 0 Å². The molecule has 0 bridgehead atoms. The molecular formula is C13H17N5. The zero-order chi connectivity index (χ0) is 12.4.